The van der Waals surface area contributed by atoms with Gasteiger partial charge in [-0.05, 0) is 12.5 Å². The Balaban J connectivity index is 2.31. The van der Waals surface area contributed by atoms with Crippen molar-refractivity contribution in [3.63, 3.8) is 0 Å². The van der Waals surface area contributed by atoms with E-state index < -0.39 is 5.54 Å². The van der Waals surface area contributed by atoms with E-state index in [2.05, 4.69) is 10.3 Å². The third-order valence-corrected chi connectivity index (χ3v) is 4.06. The molecule has 1 unspecified atom stereocenters. The van der Waals surface area contributed by atoms with Crippen LogP contribution >= 0.6 is 22.9 Å². The molecule has 0 fully saturated rings. The molecule has 1 aromatic heterocycles. The van der Waals surface area contributed by atoms with Crippen molar-refractivity contribution in [2.45, 2.75) is 12.5 Å². The number of benzene rings is 1. The predicted octanol–water partition coefficient (Wildman–Crippen LogP) is 2.99. The maximum atomic E-state index is 9.65. The smallest absolute Gasteiger partial charge is 0.186 e. The molecule has 1 aromatic carbocycles. The third-order valence-electron chi connectivity index (χ3n) is 2.80. The molecule has 0 bridgehead atoms. The van der Waals surface area contributed by atoms with Gasteiger partial charge in [0.2, 0.25) is 0 Å². The van der Waals surface area contributed by atoms with Crippen LogP contribution in [0.4, 0.5) is 5.13 Å². The third kappa shape index (κ3) is 2.87. The molecule has 1 heterocycles. The zero-order valence-corrected chi connectivity index (χ0v) is 11.8. The zero-order valence-electron chi connectivity index (χ0n) is 10.2. The van der Waals surface area contributed by atoms with Crippen molar-refractivity contribution < 1.29 is 5.11 Å². The van der Waals surface area contributed by atoms with Crippen LogP contribution in [-0.2, 0) is 5.54 Å². The van der Waals surface area contributed by atoms with Crippen LogP contribution in [0.5, 0.6) is 0 Å². The summed E-state index contributed by atoms with van der Waals surface area (Å²) in [6.45, 7) is 1.76. The first-order chi connectivity index (χ1) is 9.09. The van der Waals surface area contributed by atoms with Crippen LogP contribution in [-0.4, -0.2) is 16.7 Å². The minimum atomic E-state index is -0.671. The van der Waals surface area contributed by atoms with Gasteiger partial charge in [0.25, 0.3) is 0 Å². The molecule has 0 radical (unpaired) electrons. The Morgan fingerprint density at radius 1 is 1.47 bits per heavy atom. The van der Waals surface area contributed by atoms with Gasteiger partial charge in [-0.15, -0.1) is 0 Å². The van der Waals surface area contributed by atoms with E-state index in [0.29, 0.717) is 10.0 Å². The summed E-state index contributed by atoms with van der Waals surface area (Å²) < 4.78 is 0. The Bertz CT molecular complexity index is 608. The maximum absolute atomic E-state index is 9.65. The van der Waals surface area contributed by atoms with Gasteiger partial charge in [-0.2, -0.15) is 5.26 Å². The number of anilines is 1. The molecule has 1 atom stereocenters. The van der Waals surface area contributed by atoms with Crippen LogP contribution in [0.25, 0.3) is 0 Å². The van der Waals surface area contributed by atoms with Crippen molar-refractivity contribution in [2.75, 3.05) is 11.9 Å². The molecular formula is C13H12ClN3OS. The Morgan fingerprint density at radius 3 is 2.68 bits per heavy atom. The summed E-state index contributed by atoms with van der Waals surface area (Å²) in [6, 6.07) is 11.5. The second-order valence-corrected chi connectivity index (χ2v) is 5.59. The number of nitrogens with zero attached hydrogens (tertiary/aromatic N) is 2. The number of thiazole rings is 1. The summed E-state index contributed by atoms with van der Waals surface area (Å²) in [4.78, 5) is 4.44. The average Bonchev–Trinajstić information content (AvgIpc) is 2.79. The largest absolute Gasteiger partial charge is 0.394 e. The number of halogens is 1. The number of hydrogen-bond donors (Lipinski definition) is 2. The molecule has 0 aliphatic heterocycles. The lowest BCUT2D eigenvalue weighted by atomic mass is 9.93. The summed E-state index contributed by atoms with van der Waals surface area (Å²) in [5.41, 5.74) is 0.261. The topological polar surface area (TPSA) is 68.9 Å². The molecule has 0 spiro atoms. The maximum Gasteiger partial charge on any atom is 0.186 e. The minimum absolute atomic E-state index is 0.101. The minimum Gasteiger partial charge on any atom is -0.394 e. The molecule has 0 saturated heterocycles. The Hall–Kier alpha value is -1.61. The molecule has 0 saturated carbocycles. The molecule has 98 valence electrons. The fourth-order valence-electron chi connectivity index (χ4n) is 1.67. The molecule has 6 heteroatoms. The van der Waals surface area contributed by atoms with E-state index in [0.717, 1.165) is 5.56 Å². The Kier molecular flexibility index (Phi) is 4.05. The summed E-state index contributed by atoms with van der Waals surface area (Å²) in [5.74, 6) is 0. The van der Waals surface area contributed by atoms with Crippen LogP contribution in [0, 0.1) is 11.3 Å². The first-order valence-electron chi connectivity index (χ1n) is 5.60. The molecule has 0 aliphatic rings. The van der Waals surface area contributed by atoms with Crippen LogP contribution in [0.15, 0.2) is 30.3 Å². The number of nitriles is 1. The van der Waals surface area contributed by atoms with E-state index in [-0.39, 0.29) is 11.8 Å². The van der Waals surface area contributed by atoms with Gasteiger partial charge in [-0.1, -0.05) is 53.3 Å². The van der Waals surface area contributed by atoms with E-state index in [1.54, 1.807) is 0 Å². The molecule has 2 rings (SSSR count). The SMILES string of the molecule is CC(CO)(Nc1nc(Cl)c(C#N)s1)c1ccccc1. The lowest BCUT2D eigenvalue weighted by Crippen LogP contribution is -2.35. The van der Waals surface area contributed by atoms with Crippen molar-refractivity contribution in [2.24, 2.45) is 0 Å². The van der Waals surface area contributed by atoms with E-state index in [1.165, 1.54) is 11.3 Å². The molecular weight excluding hydrogens is 282 g/mol. The van der Waals surface area contributed by atoms with Crippen LogP contribution in [0.3, 0.4) is 0 Å². The molecule has 0 aliphatic carbocycles. The second kappa shape index (κ2) is 5.57. The van der Waals surface area contributed by atoms with Crippen molar-refractivity contribution in [1.29, 1.82) is 5.26 Å². The zero-order chi connectivity index (χ0) is 13.9. The van der Waals surface area contributed by atoms with E-state index in [4.69, 9.17) is 16.9 Å². The van der Waals surface area contributed by atoms with Gasteiger partial charge in [0.15, 0.2) is 10.3 Å². The van der Waals surface area contributed by atoms with Gasteiger partial charge in [0.05, 0.1) is 12.1 Å². The summed E-state index contributed by atoms with van der Waals surface area (Å²) in [6.07, 6.45) is 0. The van der Waals surface area contributed by atoms with E-state index in [1.807, 2.05) is 43.3 Å². The highest BCUT2D eigenvalue weighted by Gasteiger charge is 2.27. The van der Waals surface area contributed by atoms with Gasteiger partial charge < -0.3 is 10.4 Å². The fourth-order valence-corrected chi connectivity index (χ4v) is 2.74. The molecule has 4 nitrogen and oxygen atoms in total. The van der Waals surface area contributed by atoms with Crippen molar-refractivity contribution in [3.05, 3.63) is 45.9 Å². The van der Waals surface area contributed by atoms with Gasteiger partial charge in [0.1, 0.15) is 10.9 Å². The van der Waals surface area contributed by atoms with Gasteiger partial charge >= 0.3 is 0 Å². The number of aliphatic hydroxyl groups excluding tert-OH is 1. The monoisotopic (exact) mass is 293 g/mol. The van der Waals surface area contributed by atoms with Crippen molar-refractivity contribution >= 4 is 28.1 Å². The van der Waals surface area contributed by atoms with Crippen molar-refractivity contribution in [1.82, 2.24) is 4.98 Å². The second-order valence-electron chi connectivity index (χ2n) is 4.23. The molecule has 2 aromatic rings. The van der Waals surface area contributed by atoms with Crippen LogP contribution in [0.2, 0.25) is 5.15 Å². The molecule has 0 amide bonds. The highest BCUT2D eigenvalue weighted by molar-refractivity contribution is 7.16. The Labute approximate surface area is 120 Å². The van der Waals surface area contributed by atoms with Crippen LogP contribution < -0.4 is 5.32 Å². The van der Waals surface area contributed by atoms with E-state index in [9.17, 15) is 5.11 Å². The first-order valence-corrected chi connectivity index (χ1v) is 6.79. The number of aliphatic hydroxyl groups is 1. The molecule has 2 N–H and O–H groups in total. The quantitative estimate of drug-likeness (QED) is 0.909. The number of rotatable bonds is 4. The summed E-state index contributed by atoms with van der Waals surface area (Å²) >= 11 is 7.01. The van der Waals surface area contributed by atoms with Gasteiger partial charge in [-0.25, -0.2) is 4.98 Å². The Morgan fingerprint density at radius 2 is 2.16 bits per heavy atom. The average molecular weight is 294 g/mol. The van der Waals surface area contributed by atoms with Crippen molar-refractivity contribution in [3.8, 4) is 6.07 Å². The number of hydrogen-bond acceptors (Lipinski definition) is 5. The van der Waals surface area contributed by atoms with E-state index >= 15 is 0 Å². The lowest BCUT2D eigenvalue weighted by molar-refractivity contribution is 0.224. The van der Waals surface area contributed by atoms with Crippen LogP contribution in [0.1, 0.15) is 17.4 Å². The molecule has 19 heavy (non-hydrogen) atoms. The first kappa shape index (κ1) is 13.8. The number of aromatic nitrogens is 1. The number of nitrogens with one attached hydrogen (secondary N) is 1. The highest BCUT2D eigenvalue weighted by Crippen LogP contribution is 2.31. The lowest BCUT2D eigenvalue weighted by Gasteiger charge is -2.29. The normalized spacial score (nSPS) is 13.6. The van der Waals surface area contributed by atoms with Gasteiger partial charge in [-0.3, -0.25) is 0 Å². The summed E-state index contributed by atoms with van der Waals surface area (Å²) in [7, 11) is 0. The summed E-state index contributed by atoms with van der Waals surface area (Å²) in [5, 5.41) is 22.4. The standard InChI is InChI=1S/C13H12ClN3OS/c1-13(8-18,9-5-3-2-4-6-9)17-12-16-11(14)10(7-15)19-12/h2-6,18H,8H2,1H3,(H,16,17). The van der Waals surface area contributed by atoms with Gasteiger partial charge in [0, 0.05) is 0 Å². The fraction of sp³-hybridized carbons (Fsp3) is 0.231. The predicted molar refractivity (Wildman–Crippen MR) is 76.3 cm³/mol. The highest BCUT2D eigenvalue weighted by atomic mass is 35.5.